The Labute approximate surface area is 143 Å². The molecule has 0 aliphatic heterocycles. The minimum Gasteiger partial charge on any atom is -0.396 e. The molecular formula is C19H28N2O3. The molecule has 5 nitrogen and oxygen atoms in total. The number of anilines is 1. The number of carbonyl (C=O) groups is 2. The Hall–Kier alpha value is -1.88. The quantitative estimate of drug-likeness (QED) is 0.745. The Bertz CT molecular complexity index is 604. The van der Waals surface area contributed by atoms with Crippen LogP contribution in [0.15, 0.2) is 24.3 Å². The lowest BCUT2D eigenvalue weighted by atomic mass is 9.86. The van der Waals surface area contributed by atoms with Crippen molar-refractivity contribution in [3.8, 4) is 0 Å². The molecule has 2 atom stereocenters. The Morgan fingerprint density at radius 3 is 2.38 bits per heavy atom. The van der Waals surface area contributed by atoms with E-state index in [-0.39, 0.29) is 23.5 Å². The average Bonchev–Trinajstić information content (AvgIpc) is 2.88. The van der Waals surface area contributed by atoms with Gasteiger partial charge in [-0.3, -0.25) is 9.59 Å². The largest absolute Gasteiger partial charge is 0.396 e. The second-order valence-electron chi connectivity index (χ2n) is 8.01. The Balaban J connectivity index is 1.96. The summed E-state index contributed by atoms with van der Waals surface area (Å²) in [6.07, 6.45) is 2.58. The number of aliphatic hydroxyl groups excluding tert-OH is 1. The van der Waals surface area contributed by atoms with E-state index in [1.54, 1.807) is 12.1 Å². The highest BCUT2D eigenvalue weighted by molar-refractivity contribution is 6.39. The third-order valence-electron chi connectivity index (χ3n) is 4.96. The summed E-state index contributed by atoms with van der Waals surface area (Å²) >= 11 is 0. The highest BCUT2D eigenvalue weighted by Gasteiger charge is 2.39. The van der Waals surface area contributed by atoms with Crippen LogP contribution >= 0.6 is 0 Å². The molecule has 3 N–H and O–H groups in total. The standard InChI is InChI=1S/C19H28N2O3/c1-18(2,3)13-7-9-14(10-8-13)20-16(23)17(24)21-15-6-5-11-19(15,4)12-22/h7-10,15,22H,5-6,11-12H2,1-4H3,(H,20,23)(H,21,24). The number of nitrogens with one attached hydrogen (secondary N) is 2. The van der Waals surface area contributed by atoms with Crippen LogP contribution in [0.2, 0.25) is 0 Å². The highest BCUT2D eigenvalue weighted by Crippen LogP contribution is 2.37. The molecular weight excluding hydrogens is 304 g/mol. The average molecular weight is 332 g/mol. The maximum atomic E-state index is 12.1. The van der Waals surface area contributed by atoms with Crippen molar-refractivity contribution in [2.24, 2.45) is 5.41 Å². The summed E-state index contributed by atoms with van der Waals surface area (Å²) < 4.78 is 0. The third-order valence-corrected chi connectivity index (χ3v) is 4.96. The predicted molar refractivity (Wildman–Crippen MR) is 94.7 cm³/mol. The molecule has 1 fully saturated rings. The van der Waals surface area contributed by atoms with Gasteiger partial charge in [0.1, 0.15) is 0 Å². The van der Waals surface area contributed by atoms with Crippen LogP contribution in [0.4, 0.5) is 5.69 Å². The number of carbonyl (C=O) groups excluding carboxylic acids is 2. The molecule has 132 valence electrons. The second-order valence-corrected chi connectivity index (χ2v) is 8.01. The van der Waals surface area contributed by atoms with E-state index in [1.807, 2.05) is 19.1 Å². The fraction of sp³-hybridized carbons (Fsp3) is 0.579. The zero-order valence-electron chi connectivity index (χ0n) is 15.0. The minimum atomic E-state index is -0.675. The van der Waals surface area contributed by atoms with Gasteiger partial charge in [-0.05, 0) is 36.0 Å². The summed E-state index contributed by atoms with van der Waals surface area (Å²) in [6.45, 7) is 8.30. The lowest BCUT2D eigenvalue weighted by Gasteiger charge is -2.29. The van der Waals surface area contributed by atoms with E-state index in [9.17, 15) is 14.7 Å². The summed E-state index contributed by atoms with van der Waals surface area (Å²) in [6, 6.07) is 7.35. The van der Waals surface area contributed by atoms with Crippen molar-refractivity contribution in [1.29, 1.82) is 0 Å². The molecule has 0 heterocycles. The van der Waals surface area contributed by atoms with Crippen molar-refractivity contribution >= 4 is 17.5 Å². The summed E-state index contributed by atoms with van der Waals surface area (Å²) in [4.78, 5) is 24.2. The van der Waals surface area contributed by atoms with Crippen molar-refractivity contribution in [1.82, 2.24) is 5.32 Å². The molecule has 24 heavy (non-hydrogen) atoms. The van der Waals surface area contributed by atoms with E-state index in [2.05, 4.69) is 31.4 Å². The Morgan fingerprint density at radius 2 is 1.83 bits per heavy atom. The van der Waals surface area contributed by atoms with E-state index >= 15 is 0 Å². The number of hydrogen-bond acceptors (Lipinski definition) is 3. The van der Waals surface area contributed by atoms with Gasteiger partial charge >= 0.3 is 11.8 Å². The Kier molecular flexibility index (Phi) is 5.33. The number of amides is 2. The highest BCUT2D eigenvalue weighted by atomic mass is 16.3. The predicted octanol–water partition coefficient (Wildman–Crippen LogP) is 2.59. The van der Waals surface area contributed by atoms with Gasteiger partial charge in [0, 0.05) is 17.1 Å². The van der Waals surface area contributed by atoms with E-state index in [0.717, 1.165) is 24.8 Å². The smallest absolute Gasteiger partial charge is 0.313 e. The van der Waals surface area contributed by atoms with Gasteiger partial charge in [-0.15, -0.1) is 0 Å². The van der Waals surface area contributed by atoms with Gasteiger partial charge in [-0.25, -0.2) is 0 Å². The van der Waals surface area contributed by atoms with Gasteiger partial charge < -0.3 is 15.7 Å². The molecule has 2 amide bonds. The molecule has 1 saturated carbocycles. The molecule has 0 radical (unpaired) electrons. The minimum absolute atomic E-state index is 0.00777. The van der Waals surface area contributed by atoms with Crippen molar-refractivity contribution in [2.45, 2.75) is 58.4 Å². The van der Waals surface area contributed by atoms with Gasteiger partial charge in [-0.1, -0.05) is 46.2 Å². The molecule has 1 aromatic rings. The van der Waals surface area contributed by atoms with Gasteiger partial charge in [-0.2, -0.15) is 0 Å². The maximum absolute atomic E-state index is 12.1. The van der Waals surface area contributed by atoms with E-state index < -0.39 is 11.8 Å². The summed E-state index contributed by atoms with van der Waals surface area (Å²) in [5.41, 5.74) is 1.45. The number of hydrogen-bond donors (Lipinski definition) is 3. The Morgan fingerprint density at radius 1 is 1.21 bits per heavy atom. The van der Waals surface area contributed by atoms with Crippen molar-refractivity contribution in [3.05, 3.63) is 29.8 Å². The fourth-order valence-electron chi connectivity index (χ4n) is 3.13. The normalized spacial score (nSPS) is 23.8. The molecule has 1 aromatic carbocycles. The van der Waals surface area contributed by atoms with Crippen molar-refractivity contribution in [2.75, 3.05) is 11.9 Å². The van der Waals surface area contributed by atoms with Crippen molar-refractivity contribution < 1.29 is 14.7 Å². The van der Waals surface area contributed by atoms with Crippen LogP contribution < -0.4 is 10.6 Å². The second kappa shape index (κ2) is 6.93. The maximum Gasteiger partial charge on any atom is 0.313 e. The van der Waals surface area contributed by atoms with Crippen LogP contribution in [0, 0.1) is 5.41 Å². The summed E-state index contributed by atoms with van der Waals surface area (Å²) in [5, 5.41) is 14.9. The van der Waals surface area contributed by atoms with E-state index in [4.69, 9.17) is 0 Å². The molecule has 1 aliphatic rings. The van der Waals surface area contributed by atoms with Crippen LogP contribution in [-0.2, 0) is 15.0 Å². The fourth-order valence-corrected chi connectivity index (χ4v) is 3.13. The van der Waals surface area contributed by atoms with Crippen LogP contribution in [0.1, 0.15) is 52.5 Å². The molecule has 0 bridgehead atoms. The molecule has 1 aliphatic carbocycles. The van der Waals surface area contributed by atoms with Crippen LogP contribution in [-0.4, -0.2) is 29.6 Å². The number of rotatable bonds is 3. The summed E-state index contributed by atoms with van der Waals surface area (Å²) in [7, 11) is 0. The molecule has 0 saturated heterocycles. The topological polar surface area (TPSA) is 78.4 Å². The van der Waals surface area contributed by atoms with E-state index in [0.29, 0.717) is 5.69 Å². The van der Waals surface area contributed by atoms with Gasteiger partial charge in [0.05, 0.1) is 6.61 Å². The first kappa shape index (κ1) is 18.5. The zero-order valence-corrected chi connectivity index (χ0v) is 15.0. The molecule has 2 rings (SSSR count). The molecule has 2 unspecified atom stereocenters. The van der Waals surface area contributed by atoms with E-state index in [1.165, 1.54) is 0 Å². The third kappa shape index (κ3) is 4.15. The van der Waals surface area contributed by atoms with Crippen LogP contribution in [0.25, 0.3) is 0 Å². The zero-order chi connectivity index (χ0) is 18.0. The van der Waals surface area contributed by atoms with Crippen LogP contribution in [0.3, 0.4) is 0 Å². The first-order valence-corrected chi connectivity index (χ1v) is 8.49. The molecule has 5 heteroatoms. The molecule has 0 aromatic heterocycles. The summed E-state index contributed by atoms with van der Waals surface area (Å²) in [5.74, 6) is -1.33. The lowest BCUT2D eigenvalue weighted by Crippen LogP contribution is -2.48. The monoisotopic (exact) mass is 332 g/mol. The molecule has 0 spiro atoms. The first-order chi connectivity index (χ1) is 11.2. The lowest BCUT2D eigenvalue weighted by molar-refractivity contribution is -0.137. The van der Waals surface area contributed by atoms with Crippen LogP contribution in [0.5, 0.6) is 0 Å². The van der Waals surface area contributed by atoms with Gasteiger partial charge in [0.15, 0.2) is 0 Å². The SMILES string of the molecule is CC(C)(C)c1ccc(NC(=O)C(=O)NC2CCCC2(C)CO)cc1. The number of aliphatic hydroxyl groups is 1. The van der Waals surface area contributed by atoms with Gasteiger partial charge in [0.2, 0.25) is 0 Å². The van der Waals surface area contributed by atoms with Crippen molar-refractivity contribution in [3.63, 3.8) is 0 Å². The van der Waals surface area contributed by atoms with Gasteiger partial charge in [0.25, 0.3) is 0 Å². The first-order valence-electron chi connectivity index (χ1n) is 8.49. The number of benzene rings is 1.